The number of fused-ring (bicyclic) bond motifs is 1. The number of benzene rings is 1. The molecule has 0 saturated carbocycles. The first-order chi connectivity index (χ1) is 11.8. The molecule has 7 nitrogen and oxygen atoms in total. The normalized spacial score (nSPS) is 20.4. The number of ether oxygens (including phenoxy) is 1. The zero-order valence-corrected chi connectivity index (χ0v) is 13.2. The van der Waals surface area contributed by atoms with E-state index >= 15 is 0 Å². The number of para-hydroxylation sites is 1. The molecule has 7 heteroatoms. The van der Waals surface area contributed by atoms with Gasteiger partial charge in [-0.15, -0.1) is 0 Å². The smallest absolute Gasteiger partial charge is 0.234 e. The van der Waals surface area contributed by atoms with Gasteiger partial charge >= 0.3 is 0 Å². The van der Waals surface area contributed by atoms with E-state index in [1.165, 1.54) is 6.33 Å². The van der Waals surface area contributed by atoms with E-state index < -0.39 is 0 Å². The van der Waals surface area contributed by atoms with E-state index in [4.69, 9.17) is 4.74 Å². The highest BCUT2D eigenvalue weighted by molar-refractivity contribution is 5.60. The lowest BCUT2D eigenvalue weighted by Gasteiger charge is -2.18. The summed E-state index contributed by atoms with van der Waals surface area (Å²) in [6.07, 6.45) is 5.17. The van der Waals surface area contributed by atoms with E-state index in [0.29, 0.717) is 11.6 Å². The first-order valence-electron chi connectivity index (χ1n) is 7.86. The Hall–Kier alpha value is -2.80. The lowest BCUT2D eigenvalue weighted by atomic mass is 10.1. The summed E-state index contributed by atoms with van der Waals surface area (Å²) in [5, 5.41) is 4.44. The predicted molar refractivity (Wildman–Crippen MR) is 88.2 cm³/mol. The highest BCUT2D eigenvalue weighted by atomic mass is 16.5. The maximum absolute atomic E-state index is 10.9. The van der Waals surface area contributed by atoms with Crippen molar-refractivity contribution in [3.8, 4) is 0 Å². The number of rotatable bonds is 4. The monoisotopic (exact) mass is 323 g/mol. The molecule has 2 unspecified atom stereocenters. The van der Waals surface area contributed by atoms with Gasteiger partial charge in [0.25, 0.3) is 0 Å². The van der Waals surface area contributed by atoms with Crippen molar-refractivity contribution in [1.29, 1.82) is 0 Å². The summed E-state index contributed by atoms with van der Waals surface area (Å²) in [6.45, 7) is 0. The van der Waals surface area contributed by atoms with Crippen molar-refractivity contribution in [2.75, 3.05) is 11.9 Å². The molecule has 1 saturated heterocycles. The zero-order valence-electron chi connectivity index (χ0n) is 13.2. The van der Waals surface area contributed by atoms with Gasteiger partial charge in [-0.2, -0.15) is 9.61 Å². The fourth-order valence-corrected chi connectivity index (χ4v) is 3.03. The molecule has 0 radical (unpaired) electrons. The number of hydrogen-bond donors (Lipinski definition) is 0. The van der Waals surface area contributed by atoms with Gasteiger partial charge in [0.2, 0.25) is 5.95 Å². The number of anilines is 2. The fourth-order valence-electron chi connectivity index (χ4n) is 3.03. The second kappa shape index (κ2) is 6.01. The Morgan fingerprint density at radius 3 is 2.83 bits per heavy atom. The summed E-state index contributed by atoms with van der Waals surface area (Å²) in [5.74, 6) is 0.669. The van der Waals surface area contributed by atoms with Gasteiger partial charge in [-0.3, -0.25) is 0 Å². The molecule has 3 aromatic rings. The van der Waals surface area contributed by atoms with Crippen molar-refractivity contribution in [3.63, 3.8) is 0 Å². The van der Waals surface area contributed by atoms with Crippen LogP contribution in [0.2, 0.25) is 0 Å². The van der Waals surface area contributed by atoms with E-state index in [0.717, 1.165) is 30.4 Å². The highest BCUT2D eigenvalue weighted by Crippen LogP contribution is 2.34. The third-order valence-corrected chi connectivity index (χ3v) is 4.31. The molecular weight excluding hydrogens is 306 g/mol. The topological polar surface area (TPSA) is 72.6 Å². The molecular formula is C17H17N5O2. The van der Waals surface area contributed by atoms with Crippen molar-refractivity contribution in [3.05, 3.63) is 48.4 Å². The average Bonchev–Trinajstić information content (AvgIpc) is 3.28. The van der Waals surface area contributed by atoms with Crippen molar-refractivity contribution >= 4 is 23.6 Å². The van der Waals surface area contributed by atoms with Crippen LogP contribution in [-0.4, -0.2) is 39.0 Å². The van der Waals surface area contributed by atoms with Crippen LogP contribution in [0.5, 0.6) is 0 Å². The molecule has 3 heterocycles. The van der Waals surface area contributed by atoms with E-state index in [9.17, 15) is 4.79 Å². The van der Waals surface area contributed by atoms with Gasteiger partial charge < -0.3 is 14.4 Å². The molecule has 2 aromatic heterocycles. The first-order valence-corrected chi connectivity index (χ1v) is 7.86. The molecule has 1 aliphatic rings. The van der Waals surface area contributed by atoms with Crippen LogP contribution in [0.4, 0.5) is 11.6 Å². The highest BCUT2D eigenvalue weighted by Gasteiger charge is 2.29. The molecule has 1 aromatic carbocycles. The third-order valence-electron chi connectivity index (χ3n) is 4.31. The van der Waals surface area contributed by atoms with Gasteiger partial charge in [-0.05, 0) is 25.0 Å². The number of aromatic nitrogens is 4. The first kappa shape index (κ1) is 14.8. The minimum absolute atomic E-state index is 0.150. The average molecular weight is 323 g/mol. The number of carbonyl (C=O) groups excluding carboxylic acids is 1. The number of nitrogens with zero attached hydrogens (tertiary/aromatic N) is 5. The summed E-state index contributed by atoms with van der Waals surface area (Å²) in [4.78, 5) is 21.6. The molecule has 0 N–H and O–H groups in total. The van der Waals surface area contributed by atoms with Gasteiger partial charge in [0.15, 0.2) is 5.65 Å². The van der Waals surface area contributed by atoms with E-state index in [1.807, 2.05) is 42.3 Å². The molecule has 0 bridgehead atoms. The van der Waals surface area contributed by atoms with Crippen LogP contribution in [-0.2, 0) is 9.53 Å². The van der Waals surface area contributed by atoms with Crippen LogP contribution in [0.25, 0.3) is 5.65 Å². The van der Waals surface area contributed by atoms with Crippen LogP contribution in [0.3, 0.4) is 0 Å². The van der Waals surface area contributed by atoms with Crippen LogP contribution in [0, 0.1) is 0 Å². The van der Waals surface area contributed by atoms with Crippen molar-refractivity contribution in [2.24, 2.45) is 0 Å². The molecule has 0 spiro atoms. The Balaban J connectivity index is 1.73. The number of hydrogen-bond acceptors (Lipinski definition) is 6. The molecule has 2 atom stereocenters. The van der Waals surface area contributed by atoms with Crippen molar-refractivity contribution in [2.45, 2.75) is 25.0 Å². The van der Waals surface area contributed by atoms with E-state index in [-0.39, 0.29) is 12.2 Å². The van der Waals surface area contributed by atoms with Gasteiger partial charge in [0.1, 0.15) is 18.7 Å². The van der Waals surface area contributed by atoms with Crippen LogP contribution in [0.15, 0.2) is 42.9 Å². The molecule has 1 aliphatic heterocycles. The minimum Gasteiger partial charge on any atom is -0.363 e. The Morgan fingerprint density at radius 2 is 2.08 bits per heavy atom. The Kier molecular flexibility index (Phi) is 3.70. The van der Waals surface area contributed by atoms with Crippen LogP contribution in [0.1, 0.15) is 24.5 Å². The lowest BCUT2D eigenvalue weighted by molar-refractivity contribution is -0.117. The third kappa shape index (κ3) is 2.43. The summed E-state index contributed by atoms with van der Waals surface area (Å²) in [7, 11) is 1.94. The molecule has 0 aliphatic carbocycles. The summed E-state index contributed by atoms with van der Waals surface area (Å²) < 4.78 is 7.46. The second-order valence-corrected chi connectivity index (χ2v) is 5.78. The predicted octanol–water partition coefficient (Wildman–Crippen LogP) is 2.31. The fraction of sp³-hybridized carbons (Fsp3) is 0.294. The van der Waals surface area contributed by atoms with Crippen molar-refractivity contribution < 1.29 is 9.53 Å². The molecule has 4 rings (SSSR count). The maximum atomic E-state index is 10.9. The summed E-state index contributed by atoms with van der Waals surface area (Å²) >= 11 is 0. The van der Waals surface area contributed by atoms with Crippen LogP contribution < -0.4 is 4.90 Å². The van der Waals surface area contributed by atoms with Gasteiger partial charge in [0, 0.05) is 18.3 Å². The number of aldehydes is 1. The summed E-state index contributed by atoms with van der Waals surface area (Å²) in [5.41, 5.74) is 2.61. The minimum atomic E-state index is -0.335. The molecule has 1 fully saturated rings. The SMILES string of the molecule is CN(c1ccccc1)c1ncnc2c(C3CCC(C=O)O3)cnn12. The van der Waals surface area contributed by atoms with Gasteiger partial charge in [-0.25, -0.2) is 9.97 Å². The molecule has 0 amide bonds. The van der Waals surface area contributed by atoms with E-state index in [1.54, 1.807) is 10.7 Å². The molecule has 24 heavy (non-hydrogen) atoms. The zero-order chi connectivity index (χ0) is 16.5. The quantitative estimate of drug-likeness (QED) is 0.686. The Morgan fingerprint density at radius 1 is 1.25 bits per heavy atom. The van der Waals surface area contributed by atoms with Gasteiger partial charge in [-0.1, -0.05) is 18.2 Å². The number of carbonyl (C=O) groups is 1. The Labute approximate surface area is 138 Å². The second-order valence-electron chi connectivity index (χ2n) is 5.78. The Bertz CT molecular complexity index is 864. The van der Waals surface area contributed by atoms with Crippen molar-refractivity contribution in [1.82, 2.24) is 19.6 Å². The lowest BCUT2D eigenvalue weighted by Crippen LogP contribution is -2.16. The standard InChI is InChI=1S/C17H17N5O2/c1-21(12-5-3-2-4-6-12)17-19-11-18-16-14(9-20-22(16)17)15-8-7-13(10-23)24-15/h2-6,9-11,13,15H,7-8H2,1H3. The van der Waals surface area contributed by atoms with E-state index in [2.05, 4.69) is 15.1 Å². The van der Waals surface area contributed by atoms with Gasteiger partial charge in [0.05, 0.1) is 12.3 Å². The summed E-state index contributed by atoms with van der Waals surface area (Å²) in [6, 6.07) is 9.94. The maximum Gasteiger partial charge on any atom is 0.234 e. The van der Waals surface area contributed by atoms with Crippen LogP contribution >= 0.6 is 0 Å². The molecule has 122 valence electrons. The largest absolute Gasteiger partial charge is 0.363 e.